The van der Waals surface area contributed by atoms with E-state index in [1.807, 2.05) is 54.6 Å². The molecule has 4 nitrogen and oxygen atoms in total. The molecule has 3 aromatic rings. The van der Waals surface area contributed by atoms with Gasteiger partial charge in [-0.25, -0.2) is 4.98 Å². The van der Waals surface area contributed by atoms with Crippen LogP contribution in [0.25, 0.3) is 11.0 Å². The van der Waals surface area contributed by atoms with Crippen molar-refractivity contribution in [3.8, 4) is 0 Å². The number of carbonyl (C=O) groups is 1. The number of hydrogen-bond acceptors (Lipinski definition) is 2. The molecule has 1 aromatic heterocycles. The summed E-state index contributed by atoms with van der Waals surface area (Å²) in [5, 5.41) is 3.08. The number of para-hydroxylation sites is 2. The van der Waals surface area contributed by atoms with Crippen molar-refractivity contribution in [2.45, 2.75) is 25.8 Å². The number of rotatable bonds is 5. The van der Waals surface area contributed by atoms with Gasteiger partial charge >= 0.3 is 0 Å². The van der Waals surface area contributed by atoms with E-state index in [-0.39, 0.29) is 11.9 Å². The molecule has 0 radical (unpaired) electrons. The summed E-state index contributed by atoms with van der Waals surface area (Å²) in [6.07, 6.45) is 1.81. The highest BCUT2D eigenvalue weighted by Crippen LogP contribution is 2.20. The van der Waals surface area contributed by atoms with E-state index in [0.29, 0.717) is 5.56 Å². The summed E-state index contributed by atoms with van der Waals surface area (Å²) in [5.41, 5.74) is 2.58. The minimum absolute atomic E-state index is 0.0699. The molecule has 0 aliphatic carbocycles. The highest BCUT2D eigenvalue weighted by atomic mass is 16.1. The Morgan fingerprint density at radius 2 is 1.86 bits per heavy atom. The van der Waals surface area contributed by atoms with Gasteiger partial charge in [0.1, 0.15) is 5.82 Å². The normalized spacial score (nSPS) is 12.2. The molecule has 4 heteroatoms. The zero-order chi connectivity index (χ0) is 15.4. The van der Waals surface area contributed by atoms with Crippen molar-refractivity contribution in [2.24, 2.45) is 0 Å². The summed E-state index contributed by atoms with van der Waals surface area (Å²) in [7, 11) is 0. The predicted molar refractivity (Wildman–Crippen MR) is 87.7 cm³/mol. The van der Waals surface area contributed by atoms with Crippen LogP contribution in [0.2, 0.25) is 0 Å². The topological polar surface area (TPSA) is 57.8 Å². The van der Waals surface area contributed by atoms with Gasteiger partial charge < -0.3 is 10.3 Å². The number of H-pyrrole nitrogens is 1. The van der Waals surface area contributed by atoms with Gasteiger partial charge in [0.15, 0.2) is 0 Å². The number of benzene rings is 2. The van der Waals surface area contributed by atoms with Crippen LogP contribution in [0.1, 0.15) is 42.0 Å². The first-order valence-corrected chi connectivity index (χ1v) is 7.58. The van der Waals surface area contributed by atoms with E-state index in [9.17, 15) is 4.79 Å². The number of imidazole rings is 1. The lowest BCUT2D eigenvalue weighted by molar-refractivity contribution is 0.0933. The van der Waals surface area contributed by atoms with Gasteiger partial charge in [-0.05, 0) is 30.7 Å². The molecule has 2 N–H and O–H groups in total. The number of nitrogens with zero attached hydrogens (tertiary/aromatic N) is 1. The van der Waals surface area contributed by atoms with Gasteiger partial charge in [0.2, 0.25) is 0 Å². The molecule has 112 valence electrons. The third-order valence-electron chi connectivity index (χ3n) is 3.66. The average Bonchev–Trinajstić information content (AvgIpc) is 2.99. The summed E-state index contributed by atoms with van der Waals surface area (Å²) in [5.74, 6) is 0.742. The zero-order valence-corrected chi connectivity index (χ0v) is 12.5. The number of amides is 1. The zero-order valence-electron chi connectivity index (χ0n) is 12.5. The lowest BCUT2D eigenvalue weighted by Gasteiger charge is -2.16. The van der Waals surface area contributed by atoms with Crippen LogP contribution in [0.3, 0.4) is 0 Å². The SMILES string of the molecule is CCC[C@@H](NC(=O)c1ccccc1)c1nc2ccccc2[nH]1. The van der Waals surface area contributed by atoms with Crippen LogP contribution < -0.4 is 5.32 Å². The monoisotopic (exact) mass is 293 g/mol. The lowest BCUT2D eigenvalue weighted by atomic mass is 10.1. The fourth-order valence-corrected chi connectivity index (χ4v) is 2.53. The quantitative estimate of drug-likeness (QED) is 0.751. The molecule has 1 amide bonds. The molecule has 0 saturated carbocycles. The molecule has 0 bridgehead atoms. The number of fused-ring (bicyclic) bond motifs is 1. The first-order chi connectivity index (χ1) is 10.8. The largest absolute Gasteiger partial charge is 0.342 e. The highest BCUT2D eigenvalue weighted by Gasteiger charge is 2.18. The van der Waals surface area contributed by atoms with Crippen LogP contribution in [0.5, 0.6) is 0 Å². The van der Waals surface area contributed by atoms with Crippen molar-refractivity contribution >= 4 is 16.9 Å². The van der Waals surface area contributed by atoms with E-state index in [4.69, 9.17) is 0 Å². The van der Waals surface area contributed by atoms with Crippen molar-refractivity contribution in [3.63, 3.8) is 0 Å². The van der Waals surface area contributed by atoms with Crippen LogP contribution >= 0.6 is 0 Å². The fourth-order valence-electron chi connectivity index (χ4n) is 2.53. The molecule has 0 unspecified atom stereocenters. The minimum atomic E-state index is -0.106. The fraction of sp³-hybridized carbons (Fsp3) is 0.222. The first kappa shape index (κ1) is 14.3. The Kier molecular flexibility index (Phi) is 4.19. The standard InChI is InChI=1S/C18H19N3O/c1-2-8-16(21-18(22)13-9-4-3-5-10-13)17-19-14-11-6-7-12-15(14)20-17/h3-7,9-12,16H,2,8H2,1H3,(H,19,20)(H,21,22)/t16-/m1/s1. The summed E-state index contributed by atoms with van der Waals surface area (Å²) >= 11 is 0. The Labute approximate surface area is 129 Å². The van der Waals surface area contributed by atoms with E-state index >= 15 is 0 Å². The van der Waals surface area contributed by atoms with Gasteiger partial charge in [-0.2, -0.15) is 0 Å². The molecule has 0 fully saturated rings. The number of nitrogens with one attached hydrogen (secondary N) is 2. The van der Waals surface area contributed by atoms with Crippen LogP contribution in [-0.4, -0.2) is 15.9 Å². The van der Waals surface area contributed by atoms with Crippen LogP contribution in [0, 0.1) is 0 Å². The molecular formula is C18H19N3O. The minimum Gasteiger partial charge on any atom is -0.342 e. The first-order valence-electron chi connectivity index (χ1n) is 7.58. The van der Waals surface area contributed by atoms with Gasteiger partial charge in [0, 0.05) is 5.56 Å². The summed E-state index contributed by atoms with van der Waals surface area (Å²) < 4.78 is 0. The maximum absolute atomic E-state index is 12.4. The Hall–Kier alpha value is -2.62. The number of hydrogen-bond donors (Lipinski definition) is 2. The van der Waals surface area contributed by atoms with Crippen molar-refractivity contribution in [1.29, 1.82) is 0 Å². The van der Waals surface area contributed by atoms with E-state index in [1.165, 1.54) is 0 Å². The summed E-state index contributed by atoms with van der Waals surface area (Å²) in [6.45, 7) is 2.10. The van der Waals surface area contributed by atoms with Gasteiger partial charge in [0.05, 0.1) is 17.1 Å². The highest BCUT2D eigenvalue weighted by molar-refractivity contribution is 5.94. The van der Waals surface area contributed by atoms with E-state index < -0.39 is 0 Å². The van der Waals surface area contributed by atoms with Gasteiger partial charge in [0.25, 0.3) is 5.91 Å². The summed E-state index contributed by atoms with van der Waals surface area (Å²) in [6, 6.07) is 17.1. The molecule has 1 atom stereocenters. The second-order valence-corrected chi connectivity index (χ2v) is 5.32. The molecule has 0 spiro atoms. The van der Waals surface area contributed by atoms with E-state index in [1.54, 1.807) is 0 Å². The average molecular weight is 293 g/mol. The maximum atomic E-state index is 12.4. The third-order valence-corrected chi connectivity index (χ3v) is 3.66. The molecular weight excluding hydrogens is 274 g/mol. The van der Waals surface area contributed by atoms with E-state index in [0.717, 1.165) is 29.7 Å². The van der Waals surface area contributed by atoms with Crippen LogP contribution in [0.15, 0.2) is 54.6 Å². The Morgan fingerprint density at radius 1 is 1.14 bits per heavy atom. The summed E-state index contributed by atoms with van der Waals surface area (Å²) in [4.78, 5) is 20.3. The number of aromatic nitrogens is 2. The second-order valence-electron chi connectivity index (χ2n) is 5.32. The number of aromatic amines is 1. The Balaban J connectivity index is 1.84. The lowest BCUT2D eigenvalue weighted by Crippen LogP contribution is -2.29. The molecule has 0 aliphatic heterocycles. The van der Waals surface area contributed by atoms with Crippen LogP contribution in [0.4, 0.5) is 0 Å². The molecule has 2 aromatic carbocycles. The maximum Gasteiger partial charge on any atom is 0.251 e. The number of carbonyl (C=O) groups excluding carboxylic acids is 1. The van der Waals surface area contributed by atoms with Gasteiger partial charge in [-0.3, -0.25) is 4.79 Å². The van der Waals surface area contributed by atoms with Crippen molar-refractivity contribution < 1.29 is 4.79 Å². The van der Waals surface area contributed by atoms with Crippen molar-refractivity contribution in [3.05, 3.63) is 66.0 Å². The predicted octanol–water partition coefficient (Wildman–Crippen LogP) is 3.83. The van der Waals surface area contributed by atoms with Crippen molar-refractivity contribution in [2.75, 3.05) is 0 Å². The van der Waals surface area contributed by atoms with Gasteiger partial charge in [-0.15, -0.1) is 0 Å². The smallest absolute Gasteiger partial charge is 0.251 e. The van der Waals surface area contributed by atoms with E-state index in [2.05, 4.69) is 22.2 Å². The van der Waals surface area contributed by atoms with Crippen LogP contribution in [-0.2, 0) is 0 Å². The Morgan fingerprint density at radius 3 is 2.59 bits per heavy atom. The molecule has 3 rings (SSSR count). The molecule has 22 heavy (non-hydrogen) atoms. The Bertz CT molecular complexity index is 731. The third kappa shape index (κ3) is 3.01. The van der Waals surface area contributed by atoms with Crippen molar-refractivity contribution in [1.82, 2.24) is 15.3 Å². The molecule has 1 heterocycles. The second kappa shape index (κ2) is 6.43. The molecule has 0 saturated heterocycles. The van der Waals surface area contributed by atoms with Gasteiger partial charge in [-0.1, -0.05) is 43.7 Å². The molecule has 0 aliphatic rings.